The summed E-state index contributed by atoms with van der Waals surface area (Å²) in [4.78, 5) is 22.4. The van der Waals surface area contributed by atoms with E-state index in [1.165, 1.54) is 17.4 Å². The lowest BCUT2D eigenvalue weighted by molar-refractivity contribution is -0.385. The average molecular weight is 273 g/mol. The summed E-state index contributed by atoms with van der Waals surface area (Å²) in [6, 6.07) is 9.46. The Bertz CT molecular complexity index is 885. The molecule has 0 aliphatic heterocycles. The van der Waals surface area contributed by atoms with Crippen LogP contribution in [0.5, 0.6) is 5.75 Å². The zero-order valence-corrected chi connectivity index (χ0v) is 10.3. The van der Waals surface area contributed by atoms with Gasteiger partial charge in [0.15, 0.2) is 11.2 Å². The number of aromatic hydroxyl groups is 1. The number of phenolic OH excluding ortho intramolecular Hbond substituents is 1. The van der Waals surface area contributed by atoms with Crippen LogP contribution in [0.4, 0.5) is 5.69 Å². The van der Waals surface area contributed by atoms with Gasteiger partial charge in [0, 0.05) is 32.3 Å². The second-order valence-corrected chi connectivity index (χ2v) is 5.11. The third-order valence-electron chi connectivity index (χ3n) is 2.87. The Morgan fingerprint density at radius 3 is 2.58 bits per heavy atom. The monoisotopic (exact) mass is 273 g/mol. The molecule has 0 unspecified atom stereocenters. The third-order valence-corrected chi connectivity index (χ3v) is 4.00. The van der Waals surface area contributed by atoms with Gasteiger partial charge < -0.3 is 5.11 Å². The van der Waals surface area contributed by atoms with Gasteiger partial charge in [-0.2, -0.15) is 0 Å². The molecule has 0 saturated heterocycles. The van der Waals surface area contributed by atoms with Crippen molar-refractivity contribution >= 4 is 37.2 Å². The number of rotatable bonds is 1. The fourth-order valence-corrected chi connectivity index (χ4v) is 3.06. The molecule has 3 rings (SSSR count). The number of nitrogens with zero attached hydrogens (tertiary/aromatic N) is 1. The standard InChI is InChI=1S/C13H7NO4S/c15-10-6-12-8(5-9(10)14(17)18)13(16)7-3-1-2-4-11(7)19-12/h1-6,15H. The van der Waals surface area contributed by atoms with Crippen LogP contribution >= 0.6 is 11.3 Å². The van der Waals surface area contributed by atoms with Crippen LogP contribution in [-0.2, 0) is 0 Å². The number of hydrogen-bond donors (Lipinski definition) is 1. The number of nitro benzene ring substituents is 1. The van der Waals surface area contributed by atoms with Crippen LogP contribution in [0.2, 0.25) is 0 Å². The Kier molecular flexibility index (Phi) is 2.46. The van der Waals surface area contributed by atoms with Crippen LogP contribution in [0.3, 0.4) is 0 Å². The van der Waals surface area contributed by atoms with Gasteiger partial charge in [-0.05, 0) is 12.1 Å². The lowest BCUT2D eigenvalue weighted by Crippen LogP contribution is -2.01. The third kappa shape index (κ3) is 1.73. The maximum Gasteiger partial charge on any atom is 0.311 e. The van der Waals surface area contributed by atoms with Crippen LogP contribution < -0.4 is 5.43 Å². The highest BCUT2D eigenvalue weighted by Gasteiger charge is 2.17. The lowest BCUT2D eigenvalue weighted by Gasteiger charge is -2.02. The fraction of sp³-hybridized carbons (Fsp3) is 0. The van der Waals surface area contributed by atoms with Crippen molar-refractivity contribution in [2.45, 2.75) is 0 Å². The Balaban J connectivity index is 2.52. The minimum atomic E-state index is -0.700. The van der Waals surface area contributed by atoms with Crippen molar-refractivity contribution in [2.75, 3.05) is 0 Å². The van der Waals surface area contributed by atoms with Crippen LogP contribution in [0.25, 0.3) is 20.2 Å². The topological polar surface area (TPSA) is 80.4 Å². The van der Waals surface area contributed by atoms with Crippen molar-refractivity contribution in [3.63, 3.8) is 0 Å². The molecule has 0 bridgehead atoms. The molecule has 6 heteroatoms. The highest BCUT2D eigenvalue weighted by molar-refractivity contribution is 7.24. The number of phenols is 1. The largest absolute Gasteiger partial charge is 0.502 e. The Hall–Kier alpha value is -2.47. The van der Waals surface area contributed by atoms with Crippen molar-refractivity contribution in [3.05, 3.63) is 56.7 Å². The van der Waals surface area contributed by atoms with E-state index < -0.39 is 16.4 Å². The molecule has 1 N–H and O–H groups in total. The summed E-state index contributed by atoms with van der Waals surface area (Å²) in [5.41, 5.74) is -0.709. The average Bonchev–Trinajstić information content (AvgIpc) is 2.38. The van der Waals surface area contributed by atoms with E-state index in [1.54, 1.807) is 18.2 Å². The molecule has 0 radical (unpaired) electrons. The number of fused-ring (bicyclic) bond motifs is 2. The van der Waals surface area contributed by atoms with Crippen LogP contribution in [0.15, 0.2) is 41.2 Å². The molecule has 0 amide bonds. The van der Waals surface area contributed by atoms with Gasteiger partial charge >= 0.3 is 5.69 Å². The van der Waals surface area contributed by atoms with E-state index >= 15 is 0 Å². The first kappa shape index (κ1) is 11.6. The zero-order valence-electron chi connectivity index (χ0n) is 9.49. The van der Waals surface area contributed by atoms with Gasteiger partial charge in [0.2, 0.25) is 0 Å². The van der Waals surface area contributed by atoms with Gasteiger partial charge in [0.25, 0.3) is 0 Å². The van der Waals surface area contributed by atoms with Crippen LogP contribution in [0.1, 0.15) is 0 Å². The predicted octanol–water partition coefficient (Wildman–Crippen LogP) is 3.03. The molecular formula is C13H7NO4S. The first-order valence-corrected chi connectivity index (χ1v) is 6.22. The summed E-state index contributed by atoms with van der Waals surface area (Å²) in [6.45, 7) is 0. The summed E-state index contributed by atoms with van der Waals surface area (Å²) in [5, 5.41) is 21.2. The van der Waals surface area contributed by atoms with E-state index in [1.807, 2.05) is 6.07 Å². The van der Waals surface area contributed by atoms with Crippen LogP contribution in [0, 0.1) is 10.1 Å². The number of hydrogen-bond acceptors (Lipinski definition) is 5. The molecule has 1 aromatic heterocycles. The molecule has 3 aromatic rings. The molecule has 0 saturated carbocycles. The van der Waals surface area contributed by atoms with Crippen molar-refractivity contribution in [2.24, 2.45) is 0 Å². The van der Waals surface area contributed by atoms with Gasteiger partial charge in [0.05, 0.1) is 4.92 Å². The molecule has 0 atom stereocenters. The molecule has 0 aliphatic carbocycles. The second kappa shape index (κ2) is 4.03. The smallest absolute Gasteiger partial charge is 0.311 e. The van der Waals surface area contributed by atoms with Gasteiger partial charge in [0.1, 0.15) is 0 Å². The lowest BCUT2D eigenvalue weighted by atomic mass is 10.1. The second-order valence-electron chi connectivity index (χ2n) is 4.02. The number of nitro groups is 1. The molecule has 94 valence electrons. The SMILES string of the molecule is O=c1c2ccccc2sc2cc(O)c([N+](=O)[O-])cc12. The first-order valence-electron chi connectivity index (χ1n) is 5.41. The van der Waals surface area contributed by atoms with Gasteiger partial charge in [-0.25, -0.2) is 0 Å². The minimum Gasteiger partial charge on any atom is -0.502 e. The van der Waals surface area contributed by atoms with E-state index in [0.717, 1.165) is 10.8 Å². The maximum absolute atomic E-state index is 12.3. The van der Waals surface area contributed by atoms with E-state index in [0.29, 0.717) is 10.1 Å². The van der Waals surface area contributed by atoms with Crippen molar-refractivity contribution < 1.29 is 10.0 Å². The van der Waals surface area contributed by atoms with E-state index in [4.69, 9.17) is 0 Å². The van der Waals surface area contributed by atoms with Crippen molar-refractivity contribution in [1.82, 2.24) is 0 Å². The van der Waals surface area contributed by atoms with E-state index in [2.05, 4.69) is 0 Å². The Labute approximate surface area is 110 Å². The highest BCUT2D eigenvalue weighted by atomic mass is 32.1. The summed E-state index contributed by atoms with van der Waals surface area (Å²) < 4.78 is 1.32. The number of benzene rings is 2. The molecule has 0 spiro atoms. The van der Waals surface area contributed by atoms with E-state index in [9.17, 15) is 20.0 Å². The Morgan fingerprint density at radius 1 is 1.11 bits per heavy atom. The fourth-order valence-electron chi connectivity index (χ4n) is 1.97. The summed E-state index contributed by atoms with van der Waals surface area (Å²) >= 11 is 1.32. The zero-order chi connectivity index (χ0) is 13.6. The van der Waals surface area contributed by atoms with E-state index in [-0.39, 0.29) is 10.8 Å². The van der Waals surface area contributed by atoms with Gasteiger partial charge in [-0.15, -0.1) is 11.3 Å². The normalized spacial score (nSPS) is 10.9. The first-order chi connectivity index (χ1) is 9.08. The summed E-state index contributed by atoms with van der Waals surface area (Å²) in [5.74, 6) is -0.427. The molecule has 1 heterocycles. The summed E-state index contributed by atoms with van der Waals surface area (Å²) in [7, 11) is 0. The van der Waals surface area contributed by atoms with Crippen molar-refractivity contribution in [1.29, 1.82) is 0 Å². The van der Waals surface area contributed by atoms with Gasteiger partial charge in [-0.3, -0.25) is 14.9 Å². The van der Waals surface area contributed by atoms with Crippen molar-refractivity contribution in [3.8, 4) is 5.75 Å². The minimum absolute atomic E-state index is 0.257. The molecule has 0 aliphatic rings. The Morgan fingerprint density at radius 2 is 1.84 bits per heavy atom. The molecule has 19 heavy (non-hydrogen) atoms. The van der Waals surface area contributed by atoms with Crippen LogP contribution in [-0.4, -0.2) is 10.0 Å². The molecule has 0 fully saturated rings. The molecule has 2 aromatic carbocycles. The molecule has 5 nitrogen and oxygen atoms in total. The quantitative estimate of drug-likeness (QED) is 0.420. The maximum atomic E-state index is 12.3. The predicted molar refractivity (Wildman–Crippen MR) is 73.9 cm³/mol. The summed E-state index contributed by atoms with van der Waals surface area (Å²) in [6.07, 6.45) is 0. The highest BCUT2D eigenvalue weighted by Crippen LogP contribution is 2.33. The molecular weight excluding hydrogens is 266 g/mol. The van der Waals surface area contributed by atoms with Gasteiger partial charge in [-0.1, -0.05) is 12.1 Å².